The number of hydrogen-bond donors (Lipinski definition) is 0. The summed E-state index contributed by atoms with van der Waals surface area (Å²) in [7, 11) is 0. The lowest BCUT2D eigenvalue weighted by molar-refractivity contribution is -0.248. The van der Waals surface area contributed by atoms with Gasteiger partial charge in [0.1, 0.15) is 0 Å². The highest BCUT2D eigenvalue weighted by Gasteiger charge is 2.61. The minimum Gasteiger partial charge on any atom is -0.294 e. The number of carbonyl (C=O) groups is 1. The van der Waals surface area contributed by atoms with Crippen molar-refractivity contribution in [2.75, 3.05) is 0 Å². The molecule has 0 aromatic heterocycles. The second kappa shape index (κ2) is 5.83. The molecule has 1 fully saturated rings. The Morgan fingerprint density at radius 1 is 0.833 bits per heavy atom. The molecule has 24 heavy (non-hydrogen) atoms. The molecule has 3 heteroatoms. The molecule has 2 aromatic rings. The van der Waals surface area contributed by atoms with E-state index in [1.165, 1.54) is 0 Å². The molecule has 1 saturated heterocycles. The molecular weight excluding hydrogens is 298 g/mol. The van der Waals surface area contributed by atoms with E-state index in [2.05, 4.69) is 0 Å². The van der Waals surface area contributed by atoms with Gasteiger partial charge >= 0.3 is 0 Å². The van der Waals surface area contributed by atoms with Crippen LogP contribution in [-0.2, 0) is 5.21 Å². The lowest BCUT2D eigenvalue weighted by Gasteiger charge is -2.33. The number of ketones is 1. The maximum Gasteiger partial charge on any atom is 0.168 e. The zero-order valence-corrected chi connectivity index (χ0v) is 14.7. The minimum atomic E-state index is -0.767. The molecule has 0 spiro atoms. The molecule has 3 rings (SSSR count). The molecule has 0 unspecified atom stereocenters. The van der Waals surface area contributed by atoms with Crippen molar-refractivity contribution in [3.8, 4) is 0 Å². The van der Waals surface area contributed by atoms with Crippen LogP contribution >= 0.6 is 0 Å². The van der Waals surface area contributed by atoms with Crippen LogP contribution in [0.1, 0.15) is 49.5 Å². The Morgan fingerprint density at radius 3 is 1.88 bits per heavy atom. The van der Waals surface area contributed by atoms with Crippen LogP contribution in [0.4, 0.5) is 0 Å². The third-order valence-corrected chi connectivity index (χ3v) is 5.40. The average Bonchev–Trinajstić information content (AvgIpc) is 2.72. The first-order valence-corrected chi connectivity index (χ1v) is 8.39. The lowest BCUT2D eigenvalue weighted by Crippen LogP contribution is -2.47. The predicted octanol–water partition coefficient (Wildman–Crippen LogP) is 4.49. The van der Waals surface area contributed by atoms with E-state index < -0.39 is 17.0 Å². The van der Waals surface area contributed by atoms with Crippen LogP contribution in [-0.4, -0.2) is 21.9 Å². The Labute approximate surface area is 143 Å². The third kappa shape index (κ3) is 2.48. The third-order valence-electron chi connectivity index (χ3n) is 5.40. The van der Waals surface area contributed by atoms with E-state index >= 15 is 0 Å². The molecular formula is C21H24NO2. The van der Waals surface area contributed by atoms with Crippen molar-refractivity contribution in [2.24, 2.45) is 5.92 Å². The molecule has 1 radical (unpaired) electrons. The smallest absolute Gasteiger partial charge is 0.168 e. The van der Waals surface area contributed by atoms with Gasteiger partial charge in [-0.15, -0.1) is 10.3 Å². The van der Waals surface area contributed by atoms with Gasteiger partial charge < -0.3 is 0 Å². The van der Waals surface area contributed by atoms with E-state index in [1.54, 1.807) is 0 Å². The van der Waals surface area contributed by atoms with E-state index in [4.69, 9.17) is 0 Å². The van der Waals surface area contributed by atoms with E-state index in [-0.39, 0.29) is 11.7 Å². The molecule has 0 saturated carbocycles. The molecule has 125 valence electrons. The molecule has 0 aliphatic carbocycles. The number of Topliss-reactive ketones (excluding diaryl/α,β-unsaturated/α-hetero) is 1. The molecule has 1 heterocycles. The maximum atomic E-state index is 13.3. The normalized spacial score (nSPS) is 25.5. The van der Waals surface area contributed by atoms with Crippen LogP contribution in [0, 0.1) is 5.92 Å². The molecule has 1 aliphatic rings. The summed E-state index contributed by atoms with van der Waals surface area (Å²) < 4.78 is 0. The van der Waals surface area contributed by atoms with E-state index in [0.717, 1.165) is 10.6 Å². The van der Waals surface area contributed by atoms with Gasteiger partial charge in [-0.2, -0.15) is 0 Å². The molecule has 0 bridgehead atoms. The first-order valence-electron chi connectivity index (χ1n) is 8.39. The Morgan fingerprint density at radius 2 is 1.33 bits per heavy atom. The van der Waals surface area contributed by atoms with Crippen LogP contribution in [0.2, 0.25) is 0 Å². The zero-order chi connectivity index (χ0) is 17.5. The van der Waals surface area contributed by atoms with Crippen molar-refractivity contribution in [3.63, 3.8) is 0 Å². The summed E-state index contributed by atoms with van der Waals surface area (Å²) in [6.07, 6.45) is 0. The Bertz CT molecular complexity index is 722. The summed E-state index contributed by atoms with van der Waals surface area (Å²) in [4.78, 5) is 13.3. The highest BCUT2D eigenvalue weighted by atomic mass is 16.5. The van der Waals surface area contributed by atoms with Gasteiger partial charge in [0, 0.05) is 11.5 Å². The van der Waals surface area contributed by atoms with Crippen LogP contribution in [0.25, 0.3) is 0 Å². The van der Waals surface area contributed by atoms with Crippen molar-refractivity contribution in [1.29, 1.82) is 0 Å². The Kier molecular flexibility index (Phi) is 4.10. The van der Waals surface area contributed by atoms with E-state index in [9.17, 15) is 10.0 Å². The largest absolute Gasteiger partial charge is 0.294 e. The fourth-order valence-corrected chi connectivity index (χ4v) is 4.33. The molecule has 1 aliphatic heterocycles. The summed E-state index contributed by atoms with van der Waals surface area (Å²) in [6.45, 7) is 7.65. The van der Waals surface area contributed by atoms with Gasteiger partial charge in [0.15, 0.2) is 5.78 Å². The van der Waals surface area contributed by atoms with Gasteiger partial charge in [-0.05, 0) is 33.3 Å². The number of rotatable bonds is 3. The molecule has 3 nitrogen and oxygen atoms in total. The van der Waals surface area contributed by atoms with Gasteiger partial charge in [0.05, 0.1) is 17.0 Å². The van der Waals surface area contributed by atoms with Crippen LogP contribution < -0.4 is 0 Å². The first-order chi connectivity index (χ1) is 11.3. The van der Waals surface area contributed by atoms with Crippen LogP contribution in [0.15, 0.2) is 60.7 Å². The van der Waals surface area contributed by atoms with Crippen LogP contribution in [0.5, 0.6) is 0 Å². The summed E-state index contributed by atoms with van der Waals surface area (Å²) in [5, 5.41) is 14.2. The minimum absolute atomic E-state index is 0.0425. The first kappa shape index (κ1) is 16.9. The highest BCUT2D eigenvalue weighted by Crippen LogP contribution is 2.54. The molecule has 2 aromatic carbocycles. The Hall–Kier alpha value is -1.97. The quantitative estimate of drug-likeness (QED) is 0.781. The molecule has 0 N–H and O–H groups in total. The van der Waals surface area contributed by atoms with Crippen LogP contribution in [0.3, 0.4) is 0 Å². The van der Waals surface area contributed by atoms with Gasteiger partial charge in [0.2, 0.25) is 0 Å². The van der Waals surface area contributed by atoms with E-state index in [0.29, 0.717) is 5.56 Å². The van der Waals surface area contributed by atoms with Crippen molar-refractivity contribution in [2.45, 2.75) is 44.7 Å². The average molecular weight is 322 g/mol. The number of hydroxylamine groups is 2. The SMILES string of the molecule is CC1(C)[C@H](C(=O)c2ccccc2)[C@H](c2ccccc2)C(C)(C)N1[O]. The number of benzene rings is 2. The standard InChI is InChI=1S/C21H24NO2/c1-20(2)17(15-11-7-5-8-12-15)18(21(3,4)22(20)24)19(23)16-13-9-6-10-14-16/h5-14,17-18H,1-4H3/t17-,18-/m0/s1. The second-order valence-electron chi connectivity index (χ2n) is 7.70. The molecule has 0 amide bonds. The monoisotopic (exact) mass is 322 g/mol. The van der Waals surface area contributed by atoms with Crippen molar-refractivity contribution in [1.82, 2.24) is 5.06 Å². The summed E-state index contributed by atoms with van der Waals surface area (Å²) >= 11 is 0. The number of hydrogen-bond acceptors (Lipinski definition) is 2. The van der Waals surface area contributed by atoms with Gasteiger partial charge in [0.25, 0.3) is 0 Å². The predicted molar refractivity (Wildman–Crippen MR) is 94.1 cm³/mol. The van der Waals surface area contributed by atoms with Gasteiger partial charge in [-0.25, -0.2) is 0 Å². The summed E-state index contributed by atoms with van der Waals surface area (Å²) in [5.74, 6) is -0.505. The number of carbonyl (C=O) groups excluding carboxylic acids is 1. The van der Waals surface area contributed by atoms with E-state index in [1.807, 2.05) is 88.4 Å². The topological polar surface area (TPSA) is 40.2 Å². The maximum absolute atomic E-state index is 13.3. The molecule has 2 atom stereocenters. The van der Waals surface area contributed by atoms with Crippen molar-refractivity contribution in [3.05, 3.63) is 71.8 Å². The fraction of sp³-hybridized carbons (Fsp3) is 0.381. The van der Waals surface area contributed by atoms with Crippen molar-refractivity contribution < 1.29 is 10.0 Å². The highest BCUT2D eigenvalue weighted by molar-refractivity contribution is 5.99. The van der Waals surface area contributed by atoms with Gasteiger partial charge in [-0.1, -0.05) is 60.7 Å². The van der Waals surface area contributed by atoms with Crippen molar-refractivity contribution >= 4 is 5.78 Å². The second-order valence-corrected chi connectivity index (χ2v) is 7.70. The number of nitrogens with zero attached hydrogens (tertiary/aromatic N) is 1. The fourth-order valence-electron chi connectivity index (χ4n) is 4.33. The summed E-state index contributed by atoms with van der Waals surface area (Å²) in [6, 6.07) is 19.2. The summed E-state index contributed by atoms with van der Waals surface area (Å²) in [5.41, 5.74) is 0.294. The van der Waals surface area contributed by atoms with Gasteiger partial charge in [-0.3, -0.25) is 4.79 Å². The lowest BCUT2D eigenvalue weighted by atomic mass is 9.70. The zero-order valence-electron chi connectivity index (χ0n) is 14.7. The Balaban J connectivity index is 2.14.